The number of piperazine rings is 1. The Morgan fingerprint density at radius 2 is 2.25 bits per heavy atom. The van der Waals surface area contributed by atoms with E-state index in [0.717, 1.165) is 25.2 Å². The van der Waals surface area contributed by atoms with Gasteiger partial charge >= 0.3 is 5.97 Å². The Morgan fingerprint density at radius 3 is 3.06 bits per heavy atom. The van der Waals surface area contributed by atoms with Crippen molar-refractivity contribution in [2.24, 2.45) is 0 Å². The third kappa shape index (κ3) is 1.60. The van der Waals surface area contributed by atoms with E-state index in [1.807, 2.05) is 12.1 Å². The van der Waals surface area contributed by atoms with Crippen LogP contribution in [0.3, 0.4) is 0 Å². The Morgan fingerprint density at radius 1 is 1.31 bits per heavy atom. The molecule has 4 nitrogen and oxygen atoms in total. The van der Waals surface area contributed by atoms with Gasteiger partial charge in [0.25, 0.3) is 0 Å². The highest BCUT2D eigenvalue weighted by Gasteiger charge is 2.23. The van der Waals surface area contributed by atoms with E-state index in [-0.39, 0.29) is 5.97 Å². The molecule has 0 bridgehead atoms. The Labute approximate surface area is 94.0 Å². The van der Waals surface area contributed by atoms with Gasteiger partial charge in [-0.1, -0.05) is 6.07 Å². The fourth-order valence-corrected chi connectivity index (χ4v) is 2.26. The molecule has 0 radical (unpaired) electrons. The van der Waals surface area contributed by atoms with Crippen LogP contribution in [0, 0.1) is 0 Å². The van der Waals surface area contributed by atoms with Crippen LogP contribution >= 0.6 is 0 Å². The van der Waals surface area contributed by atoms with Crippen LogP contribution in [0.2, 0.25) is 0 Å². The van der Waals surface area contributed by atoms with Crippen LogP contribution in [0.1, 0.15) is 27.5 Å². The second kappa shape index (κ2) is 3.88. The summed E-state index contributed by atoms with van der Waals surface area (Å²) >= 11 is 0. The summed E-state index contributed by atoms with van der Waals surface area (Å²) in [5, 5.41) is 6.80. The summed E-state index contributed by atoms with van der Waals surface area (Å²) in [5.41, 5.74) is 2.95. The first-order valence-electron chi connectivity index (χ1n) is 5.58. The minimum atomic E-state index is -0.198. The molecular weight excluding hydrogens is 204 g/mol. The Bertz CT molecular complexity index is 425. The molecule has 2 N–H and O–H groups in total. The molecule has 4 heteroatoms. The molecule has 0 amide bonds. The summed E-state index contributed by atoms with van der Waals surface area (Å²) < 4.78 is 4.99. The summed E-state index contributed by atoms with van der Waals surface area (Å²) in [4.78, 5) is 11.3. The van der Waals surface area contributed by atoms with E-state index >= 15 is 0 Å². The number of carbonyl (C=O) groups excluding carboxylic acids is 1. The van der Waals surface area contributed by atoms with Crippen molar-refractivity contribution in [3.8, 4) is 0 Å². The van der Waals surface area contributed by atoms with Gasteiger partial charge in [0.1, 0.15) is 6.61 Å². The molecule has 0 spiro atoms. The van der Waals surface area contributed by atoms with Gasteiger partial charge < -0.3 is 15.4 Å². The molecule has 1 aromatic rings. The lowest BCUT2D eigenvalue weighted by molar-refractivity contribution is 0.0535. The molecule has 16 heavy (non-hydrogen) atoms. The molecule has 1 aromatic carbocycles. The van der Waals surface area contributed by atoms with Gasteiger partial charge in [-0.05, 0) is 17.7 Å². The van der Waals surface area contributed by atoms with Crippen molar-refractivity contribution in [3.63, 3.8) is 0 Å². The number of rotatable bonds is 1. The van der Waals surface area contributed by atoms with Crippen LogP contribution in [0.5, 0.6) is 0 Å². The van der Waals surface area contributed by atoms with Gasteiger partial charge in [0.15, 0.2) is 0 Å². The number of carbonyl (C=O) groups is 1. The number of esters is 1. The lowest BCUT2D eigenvalue weighted by Crippen LogP contribution is -2.42. The van der Waals surface area contributed by atoms with Crippen LogP contribution in [-0.2, 0) is 11.3 Å². The highest BCUT2D eigenvalue weighted by Crippen LogP contribution is 2.24. The van der Waals surface area contributed by atoms with Crippen molar-refractivity contribution >= 4 is 5.97 Å². The van der Waals surface area contributed by atoms with Crippen LogP contribution in [-0.4, -0.2) is 25.6 Å². The van der Waals surface area contributed by atoms with Crippen LogP contribution in [0.4, 0.5) is 0 Å². The maximum absolute atomic E-state index is 11.3. The fourth-order valence-electron chi connectivity index (χ4n) is 2.26. The van der Waals surface area contributed by atoms with E-state index in [4.69, 9.17) is 4.74 Å². The van der Waals surface area contributed by atoms with Crippen molar-refractivity contribution in [1.82, 2.24) is 10.6 Å². The molecule has 0 aromatic heterocycles. The lowest BCUT2D eigenvalue weighted by atomic mass is 10.00. The number of cyclic esters (lactones) is 1. The van der Waals surface area contributed by atoms with Crippen molar-refractivity contribution in [2.75, 3.05) is 19.6 Å². The number of nitrogens with one attached hydrogen (secondary N) is 2. The van der Waals surface area contributed by atoms with E-state index < -0.39 is 0 Å². The zero-order valence-electron chi connectivity index (χ0n) is 8.95. The molecule has 0 saturated carbocycles. The maximum Gasteiger partial charge on any atom is 0.338 e. The SMILES string of the molecule is O=C1OCc2cc([C@H]3CNCCN3)ccc21. The van der Waals surface area contributed by atoms with Crippen LogP contribution in [0.15, 0.2) is 18.2 Å². The molecular formula is C12H14N2O2. The van der Waals surface area contributed by atoms with Gasteiger partial charge in [-0.25, -0.2) is 4.79 Å². The average Bonchev–Trinajstić information content (AvgIpc) is 2.72. The first kappa shape index (κ1) is 9.81. The van der Waals surface area contributed by atoms with E-state index in [1.165, 1.54) is 5.56 Å². The molecule has 0 unspecified atom stereocenters. The zero-order valence-corrected chi connectivity index (χ0v) is 8.95. The van der Waals surface area contributed by atoms with Gasteiger partial charge in [-0.3, -0.25) is 0 Å². The second-order valence-electron chi connectivity index (χ2n) is 4.20. The van der Waals surface area contributed by atoms with Gasteiger partial charge in [-0.15, -0.1) is 0 Å². The van der Waals surface area contributed by atoms with Crippen molar-refractivity contribution in [2.45, 2.75) is 12.6 Å². The minimum absolute atomic E-state index is 0.198. The molecule has 3 rings (SSSR count). The first-order valence-corrected chi connectivity index (χ1v) is 5.58. The summed E-state index contributed by atoms with van der Waals surface area (Å²) in [6, 6.07) is 6.30. The third-order valence-electron chi connectivity index (χ3n) is 3.15. The van der Waals surface area contributed by atoms with E-state index in [2.05, 4.69) is 16.7 Å². The Balaban J connectivity index is 1.89. The van der Waals surface area contributed by atoms with Gasteiger partial charge in [0.05, 0.1) is 5.56 Å². The lowest BCUT2D eigenvalue weighted by Gasteiger charge is -2.25. The molecule has 2 aliphatic rings. The molecule has 1 fully saturated rings. The molecule has 84 valence electrons. The first-order chi connectivity index (χ1) is 7.84. The second-order valence-corrected chi connectivity index (χ2v) is 4.20. The Hall–Kier alpha value is -1.39. The molecule has 1 saturated heterocycles. The summed E-state index contributed by atoms with van der Waals surface area (Å²) in [6.45, 7) is 3.36. The highest BCUT2D eigenvalue weighted by molar-refractivity contribution is 5.93. The predicted octanol–water partition coefficient (Wildman–Crippen LogP) is 0.591. The average molecular weight is 218 g/mol. The number of fused-ring (bicyclic) bond motifs is 1. The molecule has 2 aliphatic heterocycles. The molecule has 1 atom stereocenters. The topological polar surface area (TPSA) is 50.4 Å². The number of hydrogen-bond acceptors (Lipinski definition) is 4. The van der Waals surface area contributed by atoms with Crippen molar-refractivity contribution < 1.29 is 9.53 Å². The summed E-state index contributed by atoms with van der Waals surface area (Å²) in [5.74, 6) is -0.198. The van der Waals surface area contributed by atoms with Crippen LogP contribution in [0.25, 0.3) is 0 Å². The predicted molar refractivity (Wildman–Crippen MR) is 59.2 cm³/mol. The smallest absolute Gasteiger partial charge is 0.338 e. The van der Waals surface area contributed by atoms with Gasteiger partial charge in [0.2, 0.25) is 0 Å². The van der Waals surface area contributed by atoms with Crippen LogP contribution < -0.4 is 10.6 Å². The quantitative estimate of drug-likeness (QED) is 0.677. The molecule has 0 aliphatic carbocycles. The standard InChI is InChI=1S/C12H14N2O2/c15-12-10-2-1-8(5-9(10)7-16-12)11-6-13-3-4-14-11/h1-2,5,11,13-14H,3-4,6-7H2/t11-/m1/s1. The van der Waals surface area contributed by atoms with Crippen molar-refractivity contribution in [1.29, 1.82) is 0 Å². The zero-order chi connectivity index (χ0) is 11.0. The molecule has 2 heterocycles. The van der Waals surface area contributed by atoms with Gasteiger partial charge in [0, 0.05) is 31.2 Å². The highest BCUT2D eigenvalue weighted by atomic mass is 16.5. The number of ether oxygens (including phenoxy) is 1. The normalized spacial score (nSPS) is 24.0. The number of hydrogen-bond donors (Lipinski definition) is 2. The van der Waals surface area contributed by atoms with E-state index in [0.29, 0.717) is 18.2 Å². The minimum Gasteiger partial charge on any atom is -0.457 e. The van der Waals surface area contributed by atoms with Gasteiger partial charge in [-0.2, -0.15) is 0 Å². The monoisotopic (exact) mass is 218 g/mol. The fraction of sp³-hybridized carbons (Fsp3) is 0.417. The van der Waals surface area contributed by atoms with Crippen molar-refractivity contribution in [3.05, 3.63) is 34.9 Å². The van der Waals surface area contributed by atoms with E-state index in [1.54, 1.807) is 0 Å². The summed E-state index contributed by atoms with van der Waals surface area (Å²) in [6.07, 6.45) is 0. The largest absolute Gasteiger partial charge is 0.457 e. The third-order valence-corrected chi connectivity index (χ3v) is 3.15. The maximum atomic E-state index is 11.3. The number of benzene rings is 1. The summed E-state index contributed by atoms with van der Waals surface area (Å²) in [7, 11) is 0. The Kier molecular flexibility index (Phi) is 2.38. The van der Waals surface area contributed by atoms with E-state index in [9.17, 15) is 4.79 Å².